The van der Waals surface area contributed by atoms with Crippen LogP contribution < -0.4 is 0 Å². The number of allylic oxidation sites excluding steroid dienone is 1. The van der Waals surface area contributed by atoms with Gasteiger partial charge in [0.05, 0.1) is 0 Å². The van der Waals surface area contributed by atoms with Gasteiger partial charge in [-0.2, -0.15) is 0 Å². The molecule has 0 aromatic heterocycles. The van der Waals surface area contributed by atoms with Crippen LogP contribution in [0.3, 0.4) is 0 Å². The maximum Gasteiger partial charge on any atom is 0.194 e. The molecule has 0 unspecified atom stereocenters. The van der Waals surface area contributed by atoms with Gasteiger partial charge in [-0.15, -0.1) is 0 Å². The van der Waals surface area contributed by atoms with E-state index in [0.29, 0.717) is 0 Å². The molecule has 3 aromatic carbocycles. The fraction of sp³-hybridized carbons (Fsp3) is 0.125. The van der Waals surface area contributed by atoms with Crippen molar-refractivity contribution in [3.05, 3.63) is 106 Å². The number of fused-ring (bicyclic) bond motifs is 1. The fourth-order valence-corrected chi connectivity index (χ4v) is 3.62. The molecule has 0 bridgehead atoms. The first-order valence-electron chi connectivity index (χ1n) is 8.58. The Kier molecular flexibility index (Phi) is 3.65. The minimum absolute atomic E-state index is 0.122. The average molecular weight is 324 g/mol. The van der Waals surface area contributed by atoms with Crippen LogP contribution in [0, 0.1) is 20.8 Å². The van der Waals surface area contributed by atoms with Gasteiger partial charge >= 0.3 is 0 Å². The number of aryl methyl sites for hydroxylation is 3. The van der Waals surface area contributed by atoms with Crippen molar-refractivity contribution in [1.82, 2.24) is 0 Å². The predicted molar refractivity (Wildman–Crippen MR) is 104 cm³/mol. The van der Waals surface area contributed by atoms with Gasteiger partial charge in [-0.3, -0.25) is 4.79 Å². The van der Waals surface area contributed by atoms with E-state index in [-0.39, 0.29) is 5.78 Å². The summed E-state index contributed by atoms with van der Waals surface area (Å²) in [6, 6.07) is 22.7. The van der Waals surface area contributed by atoms with Crippen molar-refractivity contribution in [3.63, 3.8) is 0 Å². The number of rotatable bonds is 2. The van der Waals surface area contributed by atoms with E-state index in [4.69, 9.17) is 0 Å². The van der Waals surface area contributed by atoms with Crippen molar-refractivity contribution in [1.29, 1.82) is 0 Å². The molecule has 0 aliphatic heterocycles. The summed E-state index contributed by atoms with van der Waals surface area (Å²) in [7, 11) is 0. The molecule has 25 heavy (non-hydrogen) atoms. The van der Waals surface area contributed by atoms with Gasteiger partial charge in [-0.1, -0.05) is 83.4 Å². The minimum Gasteiger partial charge on any atom is -0.289 e. The van der Waals surface area contributed by atoms with Crippen LogP contribution in [0.25, 0.3) is 11.1 Å². The lowest BCUT2D eigenvalue weighted by Crippen LogP contribution is -1.98. The van der Waals surface area contributed by atoms with Crippen molar-refractivity contribution < 1.29 is 4.79 Å². The van der Waals surface area contributed by atoms with Crippen LogP contribution in [0.1, 0.15) is 43.7 Å². The van der Waals surface area contributed by atoms with E-state index in [2.05, 4.69) is 63.2 Å². The first kappa shape index (κ1) is 15.6. The maximum absolute atomic E-state index is 13.2. The summed E-state index contributed by atoms with van der Waals surface area (Å²) in [6.45, 7) is 6.22. The summed E-state index contributed by atoms with van der Waals surface area (Å²) in [6.07, 6.45) is 0. The Labute approximate surface area is 148 Å². The molecule has 0 atom stereocenters. The Morgan fingerprint density at radius 2 is 1.12 bits per heavy atom. The lowest BCUT2D eigenvalue weighted by Gasteiger charge is -2.10. The normalized spacial score (nSPS) is 13.3. The molecule has 0 spiro atoms. The van der Waals surface area contributed by atoms with E-state index < -0.39 is 0 Å². The number of hydrogen-bond donors (Lipinski definition) is 0. The molecular weight excluding hydrogens is 304 g/mol. The highest BCUT2D eigenvalue weighted by Crippen LogP contribution is 2.42. The third-order valence-corrected chi connectivity index (χ3v) is 4.78. The van der Waals surface area contributed by atoms with E-state index in [9.17, 15) is 4.79 Å². The van der Waals surface area contributed by atoms with Crippen molar-refractivity contribution >= 4 is 16.9 Å². The molecule has 4 rings (SSSR count). The van der Waals surface area contributed by atoms with Gasteiger partial charge in [0, 0.05) is 16.7 Å². The number of carbonyl (C=O) groups is 1. The Bertz CT molecular complexity index is 1040. The maximum atomic E-state index is 13.2. The van der Waals surface area contributed by atoms with E-state index in [1.807, 2.05) is 24.3 Å². The molecule has 0 saturated carbocycles. The minimum atomic E-state index is 0.122. The molecule has 3 aromatic rings. The predicted octanol–water partition coefficient (Wildman–Crippen LogP) is 5.77. The largest absolute Gasteiger partial charge is 0.289 e. The molecule has 1 heteroatoms. The molecule has 1 aliphatic rings. The molecule has 1 nitrogen and oxygen atoms in total. The number of benzene rings is 3. The summed E-state index contributed by atoms with van der Waals surface area (Å²) in [5, 5.41) is 0. The van der Waals surface area contributed by atoms with Gasteiger partial charge in [-0.05, 0) is 37.5 Å². The number of carbonyl (C=O) groups excluding carboxylic acids is 1. The Morgan fingerprint density at radius 1 is 0.560 bits per heavy atom. The molecular formula is C24H20O. The van der Waals surface area contributed by atoms with Crippen LogP contribution in [-0.4, -0.2) is 5.78 Å². The fourth-order valence-electron chi connectivity index (χ4n) is 3.62. The lowest BCUT2D eigenvalue weighted by molar-refractivity contribution is 0.105. The monoisotopic (exact) mass is 324 g/mol. The first-order valence-corrected chi connectivity index (χ1v) is 8.58. The van der Waals surface area contributed by atoms with Crippen LogP contribution in [0.2, 0.25) is 0 Å². The summed E-state index contributed by atoms with van der Waals surface area (Å²) in [4.78, 5) is 13.2. The van der Waals surface area contributed by atoms with Gasteiger partial charge < -0.3 is 0 Å². The summed E-state index contributed by atoms with van der Waals surface area (Å²) in [5.74, 6) is 0.122. The number of hydrogen-bond acceptors (Lipinski definition) is 1. The van der Waals surface area contributed by atoms with E-state index >= 15 is 0 Å². The van der Waals surface area contributed by atoms with E-state index in [0.717, 1.165) is 39.0 Å². The highest BCUT2D eigenvalue weighted by Gasteiger charge is 2.31. The highest BCUT2D eigenvalue weighted by molar-refractivity contribution is 6.41. The highest BCUT2D eigenvalue weighted by atomic mass is 16.1. The van der Waals surface area contributed by atoms with Crippen molar-refractivity contribution in [2.75, 3.05) is 0 Å². The van der Waals surface area contributed by atoms with Crippen LogP contribution in [0.4, 0.5) is 0 Å². The van der Waals surface area contributed by atoms with Gasteiger partial charge in [0.2, 0.25) is 0 Å². The average Bonchev–Trinajstić information content (AvgIpc) is 2.87. The van der Waals surface area contributed by atoms with Gasteiger partial charge in [0.15, 0.2) is 5.78 Å². The molecule has 0 saturated heterocycles. The summed E-state index contributed by atoms with van der Waals surface area (Å²) in [5.41, 5.74) is 9.35. The van der Waals surface area contributed by atoms with Gasteiger partial charge in [-0.25, -0.2) is 0 Å². The second-order valence-electron chi connectivity index (χ2n) is 6.87. The molecule has 122 valence electrons. The molecule has 0 fully saturated rings. The van der Waals surface area contributed by atoms with E-state index in [1.165, 1.54) is 11.1 Å². The number of ketones is 1. The quantitative estimate of drug-likeness (QED) is 0.585. The zero-order valence-electron chi connectivity index (χ0n) is 14.8. The standard InChI is InChI=1S/C24H20O/c1-15-6-4-8-18(12-15)22-21-14-17(3)10-11-20(21)24(25)23(22)19-9-5-7-16(2)13-19/h4-14H,1-3H3. The Hall–Kier alpha value is -2.93. The number of Topliss-reactive ketones (excluding diaryl/α,β-unsaturated/α-hetero) is 1. The SMILES string of the molecule is Cc1cccc(C2=C(c3cccc(C)c3)c3cc(C)ccc3C2=O)c1. The van der Waals surface area contributed by atoms with Gasteiger partial charge in [0.1, 0.15) is 0 Å². The Balaban J connectivity index is 2.06. The van der Waals surface area contributed by atoms with E-state index in [1.54, 1.807) is 0 Å². The van der Waals surface area contributed by atoms with Crippen molar-refractivity contribution in [3.8, 4) is 0 Å². The van der Waals surface area contributed by atoms with Crippen molar-refractivity contribution in [2.24, 2.45) is 0 Å². The lowest BCUT2D eigenvalue weighted by atomic mass is 9.92. The second-order valence-corrected chi connectivity index (χ2v) is 6.87. The third-order valence-electron chi connectivity index (χ3n) is 4.78. The van der Waals surface area contributed by atoms with Crippen molar-refractivity contribution in [2.45, 2.75) is 20.8 Å². The van der Waals surface area contributed by atoms with Crippen LogP contribution in [-0.2, 0) is 0 Å². The van der Waals surface area contributed by atoms with Crippen LogP contribution in [0.5, 0.6) is 0 Å². The molecule has 0 N–H and O–H groups in total. The molecule has 0 amide bonds. The zero-order chi connectivity index (χ0) is 17.6. The molecule has 0 heterocycles. The van der Waals surface area contributed by atoms with Crippen LogP contribution in [0.15, 0.2) is 66.7 Å². The Morgan fingerprint density at radius 3 is 1.72 bits per heavy atom. The van der Waals surface area contributed by atoms with Crippen LogP contribution >= 0.6 is 0 Å². The summed E-state index contributed by atoms with van der Waals surface area (Å²) < 4.78 is 0. The molecule has 0 radical (unpaired) electrons. The third kappa shape index (κ3) is 2.62. The topological polar surface area (TPSA) is 17.1 Å². The summed E-state index contributed by atoms with van der Waals surface area (Å²) >= 11 is 0. The zero-order valence-corrected chi connectivity index (χ0v) is 14.8. The van der Waals surface area contributed by atoms with Gasteiger partial charge in [0.25, 0.3) is 0 Å². The second kappa shape index (κ2) is 5.86. The smallest absolute Gasteiger partial charge is 0.194 e. The molecule has 1 aliphatic carbocycles. The first-order chi connectivity index (χ1) is 12.0.